The molecule has 0 spiro atoms. The SMILES string of the molecule is CC(CCN)CCC(=O)N(Cc1ccccc1)Cc1ccccc1. The summed E-state index contributed by atoms with van der Waals surface area (Å²) in [5.74, 6) is 0.709. The van der Waals surface area contributed by atoms with Crippen LogP contribution in [-0.4, -0.2) is 17.4 Å². The number of hydrogen-bond acceptors (Lipinski definition) is 2. The van der Waals surface area contributed by atoms with Gasteiger partial charge in [-0.15, -0.1) is 0 Å². The van der Waals surface area contributed by atoms with Gasteiger partial charge in [-0.05, 0) is 36.4 Å². The van der Waals surface area contributed by atoms with Gasteiger partial charge >= 0.3 is 0 Å². The largest absolute Gasteiger partial charge is 0.334 e. The van der Waals surface area contributed by atoms with Crippen molar-refractivity contribution in [1.82, 2.24) is 4.90 Å². The normalized spacial score (nSPS) is 11.9. The molecule has 128 valence electrons. The molecular formula is C21H28N2O. The fourth-order valence-corrected chi connectivity index (χ4v) is 2.80. The van der Waals surface area contributed by atoms with Crippen molar-refractivity contribution in [2.75, 3.05) is 6.54 Å². The van der Waals surface area contributed by atoms with Crippen LogP contribution in [0.4, 0.5) is 0 Å². The maximum absolute atomic E-state index is 12.8. The Morgan fingerprint density at radius 1 is 0.917 bits per heavy atom. The number of amides is 1. The molecule has 0 fully saturated rings. The molecule has 1 unspecified atom stereocenters. The van der Waals surface area contributed by atoms with Crippen molar-refractivity contribution in [2.24, 2.45) is 11.7 Å². The highest BCUT2D eigenvalue weighted by atomic mass is 16.2. The Morgan fingerprint density at radius 2 is 1.42 bits per heavy atom. The smallest absolute Gasteiger partial charge is 0.223 e. The monoisotopic (exact) mass is 324 g/mol. The number of nitrogens with zero attached hydrogens (tertiary/aromatic N) is 1. The van der Waals surface area contributed by atoms with Crippen LogP contribution in [-0.2, 0) is 17.9 Å². The lowest BCUT2D eigenvalue weighted by molar-refractivity contribution is -0.132. The molecule has 0 radical (unpaired) electrons. The molecule has 0 aliphatic heterocycles. The Morgan fingerprint density at radius 3 is 1.88 bits per heavy atom. The standard InChI is InChI=1S/C21H28N2O/c1-18(14-15-22)12-13-21(24)23(16-19-8-4-2-5-9-19)17-20-10-6-3-7-11-20/h2-11,18H,12-17,22H2,1H3. The molecule has 2 aromatic rings. The van der Waals surface area contributed by atoms with E-state index in [4.69, 9.17) is 5.73 Å². The van der Waals surface area contributed by atoms with Crippen LogP contribution >= 0.6 is 0 Å². The molecule has 0 saturated heterocycles. The zero-order valence-corrected chi connectivity index (χ0v) is 14.5. The first-order chi connectivity index (χ1) is 11.7. The first-order valence-corrected chi connectivity index (χ1v) is 8.74. The summed E-state index contributed by atoms with van der Waals surface area (Å²) in [5.41, 5.74) is 7.93. The van der Waals surface area contributed by atoms with Gasteiger partial charge < -0.3 is 10.6 Å². The van der Waals surface area contributed by atoms with E-state index in [1.165, 1.54) is 0 Å². The highest BCUT2D eigenvalue weighted by molar-refractivity contribution is 5.76. The fraction of sp³-hybridized carbons (Fsp3) is 0.381. The summed E-state index contributed by atoms with van der Waals surface area (Å²) in [5, 5.41) is 0. The van der Waals surface area contributed by atoms with E-state index < -0.39 is 0 Å². The van der Waals surface area contributed by atoms with Gasteiger partial charge in [0.2, 0.25) is 5.91 Å². The Kier molecular flexibility index (Phi) is 7.50. The maximum atomic E-state index is 12.8. The third kappa shape index (κ3) is 6.17. The number of nitrogens with two attached hydrogens (primary N) is 1. The van der Waals surface area contributed by atoms with Gasteiger partial charge in [0.25, 0.3) is 0 Å². The maximum Gasteiger partial charge on any atom is 0.223 e. The Balaban J connectivity index is 2.02. The van der Waals surface area contributed by atoms with Crippen LogP contribution in [0.3, 0.4) is 0 Å². The summed E-state index contributed by atoms with van der Waals surface area (Å²) < 4.78 is 0. The minimum Gasteiger partial charge on any atom is -0.334 e. The Hall–Kier alpha value is -2.13. The zero-order chi connectivity index (χ0) is 17.2. The van der Waals surface area contributed by atoms with Gasteiger partial charge in [0, 0.05) is 19.5 Å². The number of carbonyl (C=O) groups excluding carboxylic acids is 1. The number of carbonyl (C=O) groups is 1. The van der Waals surface area contributed by atoms with Gasteiger partial charge in [0.1, 0.15) is 0 Å². The van der Waals surface area contributed by atoms with Crippen molar-refractivity contribution in [2.45, 2.75) is 39.3 Å². The fourth-order valence-electron chi connectivity index (χ4n) is 2.80. The van der Waals surface area contributed by atoms with E-state index in [-0.39, 0.29) is 5.91 Å². The van der Waals surface area contributed by atoms with E-state index in [9.17, 15) is 4.79 Å². The van der Waals surface area contributed by atoms with Crippen LogP contribution in [0.15, 0.2) is 60.7 Å². The quantitative estimate of drug-likeness (QED) is 0.758. The predicted molar refractivity (Wildman–Crippen MR) is 99.2 cm³/mol. The first-order valence-electron chi connectivity index (χ1n) is 8.74. The lowest BCUT2D eigenvalue weighted by Crippen LogP contribution is -2.30. The second kappa shape index (κ2) is 9.89. The highest BCUT2D eigenvalue weighted by Crippen LogP contribution is 2.15. The molecule has 1 atom stereocenters. The molecule has 24 heavy (non-hydrogen) atoms. The molecule has 3 nitrogen and oxygen atoms in total. The molecule has 0 saturated carbocycles. The average Bonchev–Trinajstić information content (AvgIpc) is 2.61. The van der Waals surface area contributed by atoms with E-state index in [1.54, 1.807) is 0 Å². The van der Waals surface area contributed by atoms with Crippen LogP contribution < -0.4 is 5.73 Å². The third-order valence-electron chi connectivity index (χ3n) is 4.30. The summed E-state index contributed by atoms with van der Waals surface area (Å²) in [6, 6.07) is 20.4. The van der Waals surface area contributed by atoms with Crippen LogP contribution in [0.2, 0.25) is 0 Å². The van der Waals surface area contributed by atoms with Crippen LogP contribution in [0, 0.1) is 5.92 Å². The average molecular weight is 324 g/mol. The second-order valence-corrected chi connectivity index (χ2v) is 6.44. The molecule has 1 amide bonds. The molecule has 0 aliphatic carbocycles. The van der Waals surface area contributed by atoms with Crippen molar-refractivity contribution in [3.8, 4) is 0 Å². The van der Waals surface area contributed by atoms with Crippen LogP contribution in [0.5, 0.6) is 0 Å². The second-order valence-electron chi connectivity index (χ2n) is 6.44. The van der Waals surface area contributed by atoms with Crippen molar-refractivity contribution >= 4 is 5.91 Å². The van der Waals surface area contributed by atoms with Gasteiger partial charge in [0.15, 0.2) is 0 Å². The van der Waals surface area contributed by atoms with E-state index in [1.807, 2.05) is 41.3 Å². The van der Waals surface area contributed by atoms with Crippen molar-refractivity contribution < 1.29 is 4.79 Å². The van der Waals surface area contributed by atoms with E-state index >= 15 is 0 Å². The first kappa shape index (κ1) is 18.2. The number of benzene rings is 2. The summed E-state index contributed by atoms with van der Waals surface area (Å²) in [6.45, 7) is 4.16. The van der Waals surface area contributed by atoms with Gasteiger partial charge in [-0.25, -0.2) is 0 Å². The van der Waals surface area contributed by atoms with Crippen molar-refractivity contribution in [3.05, 3.63) is 71.8 Å². The minimum atomic E-state index is 0.214. The predicted octanol–water partition coefficient (Wildman–Crippen LogP) is 3.98. The minimum absolute atomic E-state index is 0.214. The third-order valence-corrected chi connectivity index (χ3v) is 4.30. The lowest BCUT2D eigenvalue weighted by atomic mass is 10.0. The summed E-state index contributed by atoms with van der Waals surface area (Å²) >= 11 is 0. The van der Waals surface area contributed by atoms with Gasteiger partial charge in [-0.2, -0.15) is 0 Å². The van der Waals surface area contributed by atoms with Crippen LogP contribution in [0.25, 0.3) is 0 Å². The Labute approximate surface area is 145 Å². The Bertz CT molecular complexity index is 556. The molecule has 0 bridgehead atoms. The van der Waals surface area contributed by atoms with Crippen molar-refractivity contribution in [1.29, 1.82) is 0 Å². The van der Waals surface area contributed by atoms with Gasteiger partial charge in [0.05, 0.1) is 0 Å². The van der Waals surface area contributed by atoms with Gasteiger partial charge in [-0.3, -0.25) is 4.79 Å². The highest BCUT2D eigenvalue weighted by Gasteiger charge is 2.15. The molecule has 0 aromatic heterocycles. The molecule has 0 heterocycles. The van der Waals surface area contributed by atoms with Crippen molar-refractivity contribution in [3.63, 3.8) is 0 Å². The van der Waals surface area contributed by atoms with Gasteiger partial charge in [-0.1, -0.05) is 67.6 Å². The molecule has 2 rings (SSSR count). The number of hydrogen-bond donors (Lipinski definition) is 1. The van der Waals surface area contributed by atoms with E-state index in [2.05, 4.69) is 31.2 Å². The topological polar surface area (TPSA) is 46.3 Å². The summed E-state index contributed by atoms with van der Waals surface area (Å²) in [6.07, 6.45) is 2.46. The summed E-state index contributed by atoms with van der Waals surface area (Å²) in [7, 11) is 0. The molecule has 0 aliphatic rings. The number of rotatable bonds is 9. The zero-order valence-electron chi connectivity index (χ0n) is 14.5. The lowest BCUT2D eigenvalue weighted by Gasteiger charge is -2.24. The van der Waals surface area contributed by atoms with Crippen LogP contribution in [0.1, 0.15) is 37.3 Å². The molecule has 3 heteroatoms. The van der Waals surface area contributed by atoms with E-state index in [0.29, 0.717) is 32.0 Å². The molecule has 2 N–H and O–H groups in total. The molecule has 2 aromatic carbocycles. The van der Waals surface area contributed by atoms with E-state index in [0.717, 1.165) is 24.0 Å². The summed E-state index contributed by atoms with van der Waals surface area (Å²) in [4.78, 5) is 14.7. The molecular weight excluding hydrogens is 296 g/mol.